The number of carbonyl (C=O) groups excluding carboxylic acids is 1. The number of aromatic nitrogens is 3. The Morgan fingerprint density at radius 1 is 1.50 bits per heavy atom. The Kier molecular flexibility index (Phi) is 4.53. The molecule has 20 heavy (non-hydrogen) atoms. The van der Waals surface area contributed by atoms with Gasteiger partial charge >= 0.3 is 5.97 Å². The minimum atomic E-state index is -0.567. The fourth-order valence-electron chi connectivity index (χ4n) is 1.80. The smallest absolute Gasteiger partial charge is 0.360 e. The molecule has 0 N–H and O–H groups in total. The lowest BCUT2D eigenvalue weighted by molar-refractivity contribution is 0.0534. The molecule has 0 saturated heterocycles. The maximum Gasteiger partial charge on any atom is 0.360 e. The van der Waals surface area contributed by atoms with Crippen molar-refractivity contribution in [3.8, 4) is 0 Å². The van der Waals surface area contributed by atoms with Crippen LogP contribution in [0.1, 0.15) is 29.0 Å². The van der Waals surface area contributed by atoms with E-state index in [4.69, 9.17) is 16.3 Å². The molecule has 0 amide bonds. The number of benzene rings is 1. The predicted molar refractivity (Wildman–Crippen MR) is 75.8 cm³/mol. The standard InChI is InChI=1S/C14H14ClN3O2/c1-3-9-20-14(19)12-13(15)16-17-18(12)10(2)11-7-5-4-6-8-11/h3-8,10H,1,9H2,2H3/t10-/m1/s1. The first-order valence-corrected chi connectivity index (χ1v) is 6.46. The highest BCUT2D eigenvalue weighted by Gasteiger charge is 2.24. The van der Waals surface area contributed by atoms with Crippen LogP contribution in [0.4, 0.5) is 0 Å². The van der Waals surface area contributed by atoms with Crippen LogP contribution in [0.25, 0.3) is 0 Å². The lowest BCUT2D eigenvalue weighted by Crippen LogP contribution is -2.17. The average molecular weight is 292 g/mol. The van der Waals surface area contributed by atoms with Crippen LogP contribution in [0.3, 0.4) is 0 Å². The SMILES string of the molecule is C=CCOC(=O)c1c(Cl)nnn1[C@H](C)c1ccccc1. The molecule has 0 unspecified atom stereocenters. The number of nitrogens with zero attached hydrogens (tertiary/aromatic N) is 3. The normalized spacial score (nSPS) is 11.9. The summed E-state index contributed by atoms with van der Waals surface area (Å²) in [4.78, 5) is 12.0. The van der Waals surface area contributed by atoms with Crippen LogP contribution >= 0.6 is 11.6 Å². The van der Waals surface area contributed by atoms with Gasteiger partial charge in [0.2, 0.25) is 0 Å². The molecule has 0 aliphatic heterocycles. The zero-order valence-electron chi connectivity index (χ0n) is 11.0. The van der Waals surface area contributed by atoms with Gasteiger partial charge < -0.3 is 4.74 Å². The monoisotopic (exact) mass is 291 g/mol. The van der Waals surface area contributed by atoms with Crippen LogP contribution in [0.15, 0.2) is 43.0 Å². The lowest BCUT2D eigenvalue weighted by Gasteiger charge is -2.14. The number of hydrogen-bond donors (Lipinski definition) is 0. The molecule has 0 saturated carbocycles. The Bertz CT molecular complexity index is 610. The molecule has 0 aliphatic carbocycles. The second kappa shape index (κ2) is 6.34. The highest BCUT2D eigenvalue weighted by Crippen LogP contribution is 2.22. The van der Waals surface area contributed by atoms with Crippen LogP contribution in [-0.2, 0) is 4.74 Å². The minimum absolute atomic E-state index is 0.0295. The third kappa shape index (κ3) is 2.88. The molecule has 0 bridgehead atoms. The van der Waals surface area contributed by atoms with Crippen molar-refractivity contribution in [2.75, 3.05) is 6.61 Å². The number of carbonyl (C=O) groups is 1. The highest BCUT2D eigenvalue weighted by atomic mass is 35.5. The fourth-order valence-corrected chi connectivity index (χ4v) is 2.00. The molecule has 6 heteroatoms. The van der Waals surface area contributed by atoms with Gasteiger partial charge in [-0.05, 0) is 12.5 Å². The number of ether oxygens (including phenoxy) is 1. The van der Waals surface area contributed by atoms with E-state index in [1.807, 2.05) is 37.3 Å². The van der Waals surface area contributed by atoms with Gasteiger partial charge in [0.15, 0.2) is 10.8 Å². The van der Waals surface area contributed by atoms with Crippen molar-refractivity contribution < 1.29 is 9.53 Å². The van der Waals surface area contributed by atoms with Crippen molar-refractivity contribution in [2.45, 2.75) is 13.0 Å². The van der Waals surface area contributed by atoms with Crippen molar-refractivity contribution in [1.82, 2.24) is 15.0 Å². The molecular weight excluding hydrogens is 278 g/mol. The third-order valence-corrected chi connectivity index (χ3v) is 3.08. The first kappa shape index (κ1) is 14.3. The molecule has 2 aromatic rings. The molecule has 0 fully saturated rings. The summed E-state index contributed by atoms with van der Waals surface area (Å²) in [7, 11) is 0. The Balaban J connectivity index is 2.33. The van der Waals surface area contributed by atoms with Crippen LogP contribution in [0, 0.1) is 0 Å². The molecule has 1 heterocycles. The van der Waals surface area contributed by atoms with E-state index < -0.39 is 5.97 Å². The maximum absolute atomic E-state index is 12.0. The molecule has 5 nitrogen and oxygen atoms in total. The summed E-state index contributed by atoms with van der Waals surface area (Å²) in [6.07, 6.45) is 1.49. The summed E-state index contributed by atoms with van der Waals surface area (Å²) < 4.78 is 6.46. The summed E-state index contributed by atoms with van der Waals surface area (Å²) in [5, 5.41) is 7.70. The van der Waals surface area contributed by atoms with E-state index in [2.05, 4.69) is 16.9 Å². The molecular formula is C14H14ClN3O2. The van der Waals surface area contributed by atoms with Gasteiger partial charge in [0.25, 0.3) is 0 Å². The van der Waals surface area contributed by atoms with Crippen LogP contribution in [0.2, 0.25) is 5.15 Å². The fraction of sp³-hybridized carbons (Fsp3) is 0.214. The Hall–Kier alpha value is -2.14. The Morgan fingerprint density at radius 2 is 2.20 bits per heavy atom. The van der Waals surface area contributed by atoms with Gasteiger partial charge in [-0.3, -0.25) is 0 Å². The van der Waals surface area contributed by atoms with E-state index in [-0.39, 0.29) is 23.5 Å². The molecule has 2 rings (SSSR count). The number of rotatable bonds is 5. The van der Waals surface area contributed by atoms with E-state index in [0.717, 1.165) is 5.56 Å². The van der Waals surface area contributed by atoms with Gasteiger partial charge in [-0.1, -0.05) is 59.8 Å². The van der Waals surface area contributed by atoms with E-state index >= 15 is 0 Å². The molecule has 1 atom stereocenters. The van der Waals surface area contributed by atoms with Crippen molar-refractivity contribution in [3.05, 3.63) is 59.4 Å². The van der Waals surface area contributed by atoms with Crippen molar-refractivity contribution >= 4 is 17.6 Å². The van der Waals surface area contributed by atoms with Crippen LogP contribution < -0.4 is 0 Å². The maximum atomic E-state index is 12.0. The second-order valence-corrected chi connectivity index (χ2v) is 4.51. The first-order valence-electron chi connectivity index (χ1n) is 6.08. The van der Waals surface area contributed by atoms with E-state index in [1.165, 1.54) is 10.8 Å². The summed E-state index contributed by atoms with van der Waals surface area (Å²) in [6.45, 7) is 5.51. The number of hydrogen-bond acceptors (Lipinski definition) is 4. The molecule has 0 spiro atoms. The summed E-state index contributed by atoms with van der Waals surface area (Å²) >= 11 is 5.93. The predicted octanol–water partition coefficient (Wildman–Crippen LogP) is 2.88. The third-order valence-electron chi connectivity index (χ3n) is 2.83. The van der Waals surface area contributed by atoms with Crippen molar-refractivity contribution in [3.63, 3.8) is 0 Å². The Labute approximate surface area is 121 Å². The largest absolute Gasteiger partial charge is 0.457 e. The van der Waals surface area contributed by atoms with Gasteiger partial charge in [-0.15, -0.1) is 5.10 Å². The second-order valence-electron chi connectivity index (χ2n) is 4.15. The number of esters is 1. The zero-order chi connectivity index (χ0) is 14.5. The molecule has 0 radical (unpaired) electrons. The van der Waals surface area contributed by atoms with E-state index in [9.17, 15) is 4.79 Å². The first-order chi connectivity index (χ1) is 9.65. The van der Waals surface area contributed by atoms with Gasteiger partial charge in [0.1, 0.15) is 6.61 Å². The number of halogens is 1. The Morgan fingerprint density at radius 3 is 2.85 bits per heavy atom. The van der Waals surface area contributed by atoms with Gasteiger partial charge in [0, 0.05) is 0 Å². The van der Waals surface area contributed by atoms with E-state index in [1.54, 1.807) is 0 Å². The van der Waals surface area contributed by atoms with Crippen LogP contribution in [-0.4, -0.2) is 27.6 Å². The topological polar surface area (TPSA) is 57.0 Å². The molecule has 0 aliphatic rings. The summed E-state index contributed by atoms with van der Waals surface area (Å²) in [6, 6.07) is 9.46. The van der Waals surface area contributed by atoms with Gasteiger partial charge in [-0.25, -0.2) is 9.48 Å². The average Bonchev–Trinajstić information content (AvgIpc) is 2.86. The molecule has 1 aromatic carbocycles. The van der Waals surface area contributed by atoms with Crippen molar-refractivity contribution in [1.29, 1.82) is 0 Å². The van der Waals surface area contributed by atoms with Gasteiger partial charge in [-0.2, -0.15) is 0 Å². The minimum Gasteiger partial charge on any atom is -0.457 e. The molecule has 1 aromatic heterocycles. The zero-order valence-corrected chi connectivity index (χ0v) is 11.7. The van der Waals surface area contributed by atoms with Gasteiger partial charge in [0.05, 0.1) is 6.04 Å². The molecule has 104 valence electrons. The van der Waals surface area contributed by atoms with E-state index in [0.29, 0.717) is 0 Å². The summed E-state index contributed by atoms with van der Waals surface area (Å²) in [5.41, 5.74) is 1.14. The summed E-state index contributed by atoms with van der Waals surface area (Å²) in [5.74, 6) is -0.567. The lowest BCUT2D eigenvalue weighted by atomic mass is 10.1. The highest BCUT2D eigenvalue weighted by molar-refractivity contribution is 6.32. The quantitative estimate of drug-likeness (QED) is 0.628. The van der Waals surface area contributed by atoms with Crippen LogP contribution in [0.5, 0.6) is 0 Å². The van der Waals surface area contributed by atoms with Crippen molar-refractivity contribution in [2.24, 2.45) is 0 Å².